The number of hydrogen-bond acceptors (Lipinski definition) is 7. The largest absolute Gasteiger partial charge is 0.383 e. The number of carbonyl (C=O) groups is 2. The van der Waals surface area contributed by atoms with E-state index in [2.05, 4.69) is 20.6 Å². The Morgan fingerprint density at radius 1 is 1.36 bits per heavy atom. The molecule has 0 aliphatic heterocycles. The molecule has 0 saturated heterocycles. The van der Waals surface area contributed by atoms with Gasteiger partial charge in [-0.25, -0.2) is 14.8 Å². The molecule has 0 aliphatic carbocycles. The predicted molar refractivity (Wildman–Crippen MR) is 89.0 cm³/mol. The molecule has 3 amide bonds. The van der Waals surface area contributed by atoms with Gasteiger partial charge in [0.1, 0.15) is 10.6 Å². The van der Waals surface area contributed by atoms with E-state index in [0.717, 1.165) is 22.0 Å². The van der Waals surface area contributed by atoms with Crippen molar-refractivity contribution in [3.05, 3.63) is 11.4 Å². The van der Waals surface area contributed by atoms with Gasteiger partial charge in [-0.15, -0.1) is 11.3 Å². The summed E-state index contributed by atoms with van der Waals surface area (Å²) < 4.78 is 0. The average molecular weight is 339 g/mol. The molecular weight excluding hydrogens is 322 g/mol. The zero-order valence-corrected chi connectivity index (χ0v) is 14.1. The lowest BCUT2D eigenvalue weighted by Crippen LogP contribution is -2.48. The number of thiophene rings is 1. The normalized spacial score (nSPS) is 11.4. The number of amides is 3. The highest BCUT2D eigenvalue weighted by molar-refractivity contribution is 7.99. The number of hydrogen-bond donors (Lipinski definition) is 3. The Balaban J connectivity index is 1.91. The third kappa shape index (κ3) is 4.57. The number of aromatic nitrogens is 2. The van der Waals surface area contributed by atoms with Crippen molar-refractivity contribution in [2.45, 2.75) is 31.5 Å². The summed E-state index contributed by atoms with van der Waals surface area (Å²) in [5.41, 5.74) is 5.43. The van der Waals surface area contributed by atoms with Crippen LogP contribution in [0.15, 0.2) is 16.6 Å². The first kappa shape index (κ1) is 16.5. The Bertz CT molecular complexity index is 708. The minimum atomic E-state index is -0.521. The number of anilines is 1. The van der Waals surface area contributed by atoms with Crippen molar-refractivity contribution in [2.75, 3.05) is 11.5 Å². The monoisotopic (exact) mass is 339 g/mol. The van der Waals surface area contributed by atoms with Crippen LogP contribution < -0.4 is 16.4 Å². The van der Waals surface area contributed by atoms with Crippen LogP contribution >= 0.6 is 23.1 Å². The topological polar surface area (TPSA) is 110 Å². The third-order valence-corrected chi connectivity index (χ3v) is 4.06. The number of carbonyl (C=O) groups excluding carboxylic acids is 2. The minimum absolute atomic E-state index is 0.0356. The van der Waals surface area contributed by atoms with Gasteiger partial charge in [0.25, 0.3) is 0 Å². The van der Waals surface area contributed by atoms with Gasteiger partial charge >= 0.3 is 6.03 Å². The number of nitrogens with two attached hydrogens (primary N) is 1. The lowest BCUT2D eigenvalue weighted by atomic mass is 10.1. The van der Waals surface area contributed by atoms with E-state index in [0.29, 0.717) is 11.0 Å². The maximum atomic E-state index is 11.7. The molecule has 0 aromatic carbocycles. The number of urea groups is 1. The maximum absolute atomic E-state index is 11.7. The molecule has 0 bridgehead atoms. The van der Waals surface area contributed by atoms with Crippen LogP contribution in [0.3, 0.4) is 0 Å². The van der Waals surface area contributed by atoms with E-state index in [1.807, 2.05) is 32.2 Å². The second-order valence-corrected chi connectivity index (χ2v) is 7.41. The van der Waals surface area contributed by atoms with Crippen LogP contribution in [-0.2, 0) is 4.79 Å². The molecule has 2 heterocycles. The predicted octanol–water partition coefficient (Wildman–Crippen LogP) is 1.99. The summed E-state index contributed by atoms with van der Waals surface area (Å²) >= 11 is 2.59. The zero-order valence-electron chi connectivity index (χ0n) is 12.5. The van der Waals surface area contributed by atoms with E-state index in [-0.39, 0.29) is 5.75 Å². The molecule has 0 saturated carbocycles. The Kier molecular flexibility index (Phi) is 4.87. The molecular formula is C13H17N5O2S2. The molecule has 0 atom stereocenters. The summed E-state index contributed by atoms with van der Waals surface area (Å²) in [7, 11) is 0. The summed E-state index contributed by atoms with van der Waals surface area (Å²) in [6.07, 6.45) is 0. The smallest absolute Gasteiger partial charge is 0.321 e. The van der Waals surface area contributed by atoms with Gasteiger partial charge in [0.05, 0.1) is 11.1 Å². The summed E-state index contributed by atoms with van der Waals surface area (Å²) in [4.78, 5) is 32.5. The number of fused-ring (bicyclic) bond motifs is 1. The first-order valence-electron chi connectivity index (χ1n) is 6.50. The summed E-state index contributed by atoms with van der Waals surface area (Å²) in [5, 5.41) is 8.01. The highest BCUT2D eigenvalue weighted by atomic mass is 32.2. The van der Waals surface area contributed by atoms with Crippen LogP contribution in [0, 0.1) is 0 Å². The van der Waals surface area contributed by atoms with E-state index in [4.69, 9.17) is 5.73 Å². The van der Waals surface area contributed by atoms with Crippen molar-refractivity contribution >= 4 is 51.1 Å². The average Bonchev–Trinajstić information content (AvgIpc) is 2.82. The van der Waals surface area contributed by atoms with Gasteiger partial charge in [0.2, 0.25) is 5.91 Å². The van der Waals surface area contributed by atoms with Crippen LogP contribution in [-0.4, -0.2) is 33.2 Å². The molecule has 118 valence electrons. The van der Waals surface area contributed by atoms with Crippen LogP contribution in [0.1, 0.15) is 20.8 Å². The lowest BCUT2D eigenvalue weighted by Gasteiger charge is -2.20. The number of nitrogen functional groups attached to an aromatic ring is 1. The molecule has 0 spiro atoms. The molecule has 7 nitrogen and oxygen atoms in total. The minimum Gasteiger partial charge on any atom is -0.383 e. The van der Waals surface area contributed by atoms with Crippen LogP contribution in [0.2, 0.25) is 0 Å². The zero-order chi connectivity index (χ0) is 16.3. The highest BCUT2D eigenvalue weighted by Crippen LogP contribution is 2.26. The lowest BCUT2D eigenvalue weighted by molar-refractivity contribution is -0.117. The fourth-order valence-electron chi connectivity index (χ4n) is 1.59. The van der Waals surface area contributed by atoms with E-state index >= 15 is 0 Å². The number of thioether (sulfide) groups is 1. The van der Waals surface area contributed by atoms with Crippen molar-refractivity contribution < 1.29 is 9.59 Å². The Morgan fingerprint density at radius 3 is 2.77 bits per heavy atom. The van der Waals surface area contributed by atoms with Gasteiger partial charge in [-0.05, 0) is 32.2 Å². The SMILES string of the molecule is CC(C)(C)NC(=O)NC(=O)CSc1nc(N)c2ccsc2n1. The van der Waals surface area contributed by atoms with Crippen LogP contribution in [0.5, 0.6) is 0 Å². The second-order valence-electron chi connectivity index (χ2n) is 5.57. The van der Waals surface area contributed by atoms with E-state index in [1.165, 1.54) is 11.3 Å². The highest BCUT2D eigenvalue weighted by Gasteiger charge is 2.16. The molecule has 0 aliphatic rings. The summed E-state index contributed by atoms with van der Waals surface area (Å²) in [6, 6.07) is 1.33. The van der Waals surface area contributed by atoms with Crippen LogP contribution in [0.25, 0.3) is 10.2 Å². The molecule has 0 fully saturated rings. The van der Waals surface area contributed by atoms with E-state index in [1.54, 1.807) is 0 Å². The molecule has 2 aromatic rings. The van der Waals surface area contributed by atoms with Gasteiger partial charge in [-0.1, -0.05) is 11.8 Å². The quantitative estimate of drug-likeness (QED) is 0.583. The maximum Gasteiger partial charge on any atom is 0.321 e. The molecule has 9 heteroatoms. The molecule has 4 N–H and O–H groups in total. The standard InChI is InChI=1S/C13H17N5O2S2/c1-13(2,3)18-11(20)15-8(19)6-22-12-16-9(14)7-4-5-21-10(7)17-12/h4-5H,6H2,1-3H3,(H2,14,16,17)(H2,15,18,19,20). The second kappa shape index (κ2) is 6.49. The molecule has 2 rings (SSSR count). The number of rotatable bonds is 3. The van der Waals surface area contributed by atoms with Gasteiger partial charge in [-0.3, -0.25) is 10.1 Å². The van der Waals surface area contributed by atoms with Crippen molar-refractivity contribution in [3.63, 3.8) is 0 Å². The van der Waals surface area contributed by atoms with Crippen LogP contribution in [0.4, 0.5) is 10.6 Å². The van der Waals surface area contributed by atoms with Gasteiger partial charge in [-0.2, -0.15) is 0 Å². The first-order chi connectivity index (χ1) is 10.2. The molecule has 0 radical (unpaired) electrons. The van der Waals surface area contributed by atoms with E-state index < -0.39 is 17.5 Å². The number of imide groups is 1. The Labute approximate surface area is 136 Å². The molecule has 2 aromatic heterocycles. The van der Waals surface area contributed by atoms with Gasteiger partial charge < -0.3 is 11.1 Å². The third-order valence-electron chi connectivity index (χ3n) is 2.41. The van der Waals surface area contributed by atoms with Gasteiger partial charge in [0.15, 0.2) is 5.16 Å². The number of nitrogens with one attached hydrogen (secondary N) is 2. The van der Waals surface area contributed by atoms with Crippen molar-refractivity contribution in [1.82, 2.24) is 20.6 Å². The Hall–Kier alpha value is -1.87. The fraction of sp³-hybridized carbons (Fsp3) is 0.385. The number of nitrogens with zero attached hydrogens (tertiary/aromatic N) is 2. The van der Waals surface area contributed by atoms with Crippen molar-refractivity contribution in [2.24, 2.45) is 0 Å². The van der Waals surface area contributed by atoms with E-state index in [9.17, 15) is 9.59 Å². The fourth-order valence-corrected chi connectivity index (χ4v) is 3.07. The van der Waals surface area contributed by atoms with Gasteiger partial charge in [0, 0.05) is 5.54 Å². The van der Waals surface area contributed by atoms with Crippen molar-refractivity contribution in [3.8, 4) is 0 Å². The summed E-state index contributed by atoms with van der Waals surface area (Å²) in [6.45, 7) is 5.50. The Morgan fingerprint density at radius 2 is 2.09 bits per heavy atom. The first-order valence-corrected chi connectivity index (χ1v) is 8.36. The summed E-state index contributed by atoms with van der Waals surface area (Å²) in [5.74, 6) is 0.00767. The van der Waals surface area contributed by atoms with Crippen molar-refractivity contribution in [1.29, 1.82) is 0 Å². The molecule has 22 heavy (non-hydrogen) atoms. The molecule has 0 unspecified atom stereocenters.